The molecular formula is C18H20F4N6O. The third-order valence-corrected chi connectivity index (χ3v) is 4.99. The summed E-state index contributed by atoms with van der Waals surface area (Å²) < 4.78 is 59.6. The highest BCUT2D eigenvalue weighted by Crippen LogP contribution is 2.38. The highest BCUT2D eigenvalue weighted by atomic mass is 19.4. The minimum absolute atomic E-state index is 0.0520. The molecule has 2 saturated heterocycles. The van der Waals surface area contributed by atoms with Gasteiger partial charge in [-0.15, -0.1) is 0 Å². The van der Waals surface area contributed by atoms with E-state index in [2.05, 4.69) is 15.0 Å². The Morgan fingerprint density at radius 1 is 1.21 bits per heavy atom. The van der Waals surface area contributed by atoms with Crippen molar-refractivity contribution < 1.29 is 22.3 Å². The summed E-state index contributed by atoms with van der Waals surface area (Å²) >= 11 is 0. The lowest BCUT2D eigenvalue weighted by Gasteiger charge is -2.37. The third kappa shape index (κ3) is 3.91. The molecule has 11 heteroatoms. The number of hydrogen-bond acceptors (Lipinski definition) is 7. The van der Waals surface area contributed by atoms with E-state index >= 15 is 0 Å². The van der Waals surface area contributed by atoms with Crippen molar-refractivity contribution in [3.63, 3.8) is 0 Å². The van der Waals surface area contributed by atoms with Gasteiger partial charge >= 0.3 is 6.18 Å². The minimum atomic E-state index is -4.63. The van der Waals surface area contributed by atoms with Crippen LogP contribution in [-0.4, -0.2) is 60.0 Å². The van der Waals surface area contributed by atoms with E-state index in [0.717, 1.165) is 12.3 Å². The van der Waals surface area contributed by atoms with Crippen LogP contribution in [0.2, 0.25) is 0 Å². The Balaban J connectivity index is 1.83. The van der Waals surface area contributed by atoms with Gasteiger partial charge in [0, 0.05) is 24.4 Å². The fraction of sp³-hybridized carbons (Fsp3) is 0.500. The molecule has 2 aromatic heterocycles. The van der Waals surface area contributed by atoms with Crippen molar-refractivity contribution in [2.45, 2.75) is 25.3 Å². The quantitative estimate of drug-likeness (QED) is 0.776. The molecule has 0 spiro atoms. The van der Waals surface area contributed by atoms with Crippen LogP contribution >= 0.6 is 0 Å². The predicted octanol–water partition coefficient (Wildman–Crippen LogP) is 2.52. The molecule has 1 atom stereocenters. The number of hydrogen-bond donors (Lipinski definition) is 1. The average molecular weight is 412 g/mol. The van der Waals surface area contributed by atoms with Crippen molar-refractivity contribution in [2.75, 3.05) is 48.4 Å². The Hall–Kier alpha value is -2.69. The van der Waals surface area contributed by atoms with Crippen LogP contribution in [0.5, 0.6) is 0 Å². The molecule has 156 valence electrons. The molecule has 29 heavy (non-hydrogen) atoms. The molecule has 2 fully saturated rings. The summed E-state index contributed by atoms with van der Waals surface area (Å²) in [7, 11) is 0. The molecule has 1 unspecified atom stereocenters. The van der Waals surface area contributed by atoms with Gasteiger partial charge in [0.05, 0.1) is 43.6 Å². The fourth-order valence-electron chi connectivity index (χ4n) is 3.40. The standard InChI is InChI=1S/C18H20F4N6O/c1-10-9-29-3-2-28(10)17-25-14(5-16(26-17)27-7-11(19)8-27)12-6-24-15(23)4-13(12)18(20,21)22/h4-6,10-11H,2-3,7-9H2,1H3,(H2,23,24). The maximum atomic E-state index is 13.6. The highest BCUT2D eigenvalue weighted by molar-refractivity contribution is 5.70. The van der Waals surface area contributed by atoms with Crippen molar-refractivity contribution in [3.05, 3.63) is 23.9 Å². The SMILES string of the molecule is CC1COCCN1c1nc(-c2cnc(N)cc2C(F)(F)F)cc(N2CC(F)C2)n1. The average Bonchev–Trinajstić information content (AvgIpc) is 2.65. The maximum absolute atomic E-state index is 13.6. The summed E-state index contributed by atoms with van der Waals surface area (Å²) in [6, 6.07) is 2.17. The maximum Gasteiger partial charge on any atom is 0.417 e. The van der Waals surface area contributed by atoms with Crippen molar-refractivity contribution in [3.8, 4) is 11.3 Å². The normalized spacial score (nSPS) is 20.7. The number of halogens is 4. The minimum Gasteiger partial charge on any atom is -0.384 e. The molecule has 4 heterocycles. The molecule has 7 nitrogen and oxygen atoms in total. The van der Waals surface area contributed by atoms with Gasteiger partial charge < -0.3 is 20.3 Å². The van der Waals surface area contributed by atoms with Crippen molar-refractivity contribution in [1.82, 2.24) is 15.0 Å². The summed E-state index contributed by atoms with van der Waals surface area (Å²) in [5, 5.41) is 0. The Bertz CT molecular complexity index is 902. The number of rotatable bonds is 3. The predicted molar refractivity (Wildman–Crippen MR) is 99.4 cm³/mol. The topological polar surface area (TPSA) is 80.4 Å². The number of anilines is 3. The van der Waals surface area contributed by atoms with Gasteiger partial charge in [0.25, 0.3) is 0 Å². The van der Waals surface area contributed by atoms with Gasteiger partial charge in [-0.05, 0) is 13.0 Å². The summed E-state index contributed by atoms with van der Waals surface area (Å²) in [6.07, 6.45) is -4.56. The van der Waals surface area contributed by atoms with Gasteiger partial charge in [-0.1, -0.05) is 0 Å². The van der Waals surface area contributed by atoms with Crippen molar-refractivity contribution in [1.29, 1.82) is 0 Å². The van der Waals surface area contributed by atoms with Crippen LogP contribution in [0, 0.1) is 0 Å². The van der Waals surface area contributed by atoms with E-state index in [9.17, 15) is 17.6 Å². The summed E-state index contributed by atoms with van der Waals surface area (Å²) in [5.74, 6) is 0.420. The summed E-state index contributed by atoms with van der Waals surface area (Å²) in [6.45, 7) is 3.61. The number of nitrogens with two attached hydrogens (primary N) is 1. The highest BCUT2D eigenvalue weighted by Gasteiger charge is 2.36. The molecule has 0 aliphatic carbocycles. The first-order valence-electron chi connectivity index (χ1n) is 9.18. The second-order valence-electron chi connectivity index (χ2n) is 7.18. The van der Waals surface area contributed by atoms with Gasteiger partial charge in [0.1, 0.15) is 17.8 Å². The van der Waals surface area contributed by atoms with Crippen LogP contribution in [-0.2, 0) is 10.9 Å². The molecule has 2 aliphatic rings. The molecule has 0 aromatic carbocycles. The zero-order valence-corrected chi connectivity index (χ0v) is 15.7. The number of pyridine rings is 1. The van der Waals surface area contributed by atoms with Crippen LogP contribution in [0.25, 0.3) is 11.3 Å². The van der Waals surface area contributed by atoms with Crippen LogP contribution in [0.15, 0.2) is 18.3 Å². The lowest BCUT2D eigenvalue weighted by Crippen LogP contribution is -2.49. The van der Waals surface area contributed by atoms with Gasteiger partial charge in [-0.3, -0.25) is 0 Å². The molecule has 0 amide bonds. The number of alkyl halides is 4. The molecule has 2 aromatic rings. The molecular weight excluding hydrogens is 392 g/mol. The molecule has 0 saturated carbocycles. The Morgan fingerprint density at radius 2 is 1.97 bits per heavy atom. The van der Waals surface area contributed by atoms with Crippen LogP contribution in [0.4, 0.5) is 35.1 Å². The number of nitrogen functional groups attached to an aromatic ring is 1. The first-order chi connectivity index (χ1) is 13.7. The van der Waals surface area contributed by atoms with E-state index in [0.29, 0.717) is 25.6 Å². The summed E-state index contributed by atoms with van der Waals surface area (Å²) in [5.41, 5.74) is 4.41. The Labute approximate surface area is 164 Å². The number of morpholine rings is 1. The third-order valence-electron chi connectivity index (χ3n) is 4.99. The van der Waals surface area contributed by atoms with E-state index in [4.69, 9.17) is 10.5 Å². The van der Waals surface area contributed by atoms with Crippen LogP contribution in [0.3, 0.4) is 0 Å². The molecule has 0 radical (unpaired) electrons. The second-order valence-corrected chi connectivity index (χ2v) is 7.18. The lowest BCUT2D eigenvalue weighted by atomic mass is 10.1. The van der Waals surface area contributed by atoms with Crippen molar-refractivity contribution in [2.24, 2.45) is 0 Å². The van der Waals surface area contributed by atoms with E-state index in [-0.39, 0.29) is 42.2 Å². The van der Waals surface area contributed by atoms with Gasteiger partial charge in [0.15, 0.2) is 0 Å². The van der Waals surface area contributed by atoms with E-state index < -0.39 is 17.9 Å². The Morgan fingerprint density at radius 3 is 2.62 bits per heavy atom. The zero-order chi connectivity index (χ0) is 20.8. The lowest BCUT2D eigenvalue weighted by molar-refractivity contribution is -0.137. The first kappa shape index (κ1) is 19.6. The van der Waals surface area contributed by atoms with Gasteiger partial charge in [-0.2, -0.15) is 18.2 Å². The number of nitrogens with zero attached hydrogens (tertiary/aromatic N) is 5. The van der Waals surface area contributed by atoms with E-state index in [1.165, 1.54) is 6.07 Å². The first-order valence-corrected chi connectivity index (χ1v) is 9.18. The van der Waals surface area contributed by atoms with E-state index in [1.807, 2.05) is 11.8 Å². The largest absolute Gasteiger partial charge is 0.417 e. The fourth-order valence-corrected chi connectivity index (χ4v) is 3.40. The molecule has 0 bridgehead atoms. The Kier molecular flexibility index (Phi) is 4.93. The van der Waals surface area contributed by atoms with Crippen LogP contribution < -0.4 is 15.5 Å². The van der Waals surface area contributed by atoms with Crippen LogP contribution in [0.1, 0.15) is 12.5 Å². The summed E-state index contributed by atoms with van der Waals surface area (Å²) in [4.78, 5) is 16.3. The van der Waals surface area contributed by atoms with E-state index in [1.54, 1.807) is 4.90 Å². The second kappa shape index (κ2) is 7.29. The number of aromatic nitrogens is 3. The smallest absolute Gasteiger partial charge is 0.384 e. The number of ether oxygens (including phenoxy) is 1. The van der Waals surface area contributed by atoms with Gasteiger partial charge in [0.2, 0.25) is 5.95 Å². The molecule has 2 aliphatic heterocycles. The van der Waals surface area contributed by atoms with Crippen molar-refractivity contribution >= 4 is 17.6 Å². The van der Waals surface area contributed by atoms with Gasteiger partial charge in [-0.25, -0.2) is 14.4 Å². The monoisotopic (exact) mass is 412 g/mol. The molecule has 2 N–H and O–H groups in total. The zero-order valence-electron chi connectivity index (χ0n) is 15.7. The molecule has 4 rings (SSSR count).